The van der Waals surface area contributed by atoms with Crippen LogP contribution in [0.5, 0.6) is 11.5 Å². The van der Waals surface area contributed by atoms with Gasteiger partial charge in [0.15, 0.2) is 0 Å². The van der Waals surface area contributed by atoms with E-state index in [9.17, 15) is 18.0 Å². The van der Waals surface area contributed by atoms with E-state index in [1.54, 1.807) is 5.51 Å². The van der Waals surface area contributed by atoms with Crippen LogP contribution >= 0.6 is 11.3 Å². The second-order valence-corrected chi connectivity index (χ2v) is 10.6. The van der Waals surface area contributed by atoms with Gasteiger partial charge in [-0.25, -0.2) is 22.5 Å². The molecule has 1 aromatic carbocycles. The summed E-state index contributed by atoms with van der Waals surface area (Å²) in [6, 6.07) is 6.61. The van der Waals surface area contributed by atoms with Gasteiger partial charge in [-0.1, -0.05) is 0 Å². The lowest BCUT2D eigenvalue weighted by Crippen LogP contribution is -2.53. The molecule has 3 heterocycles. The first-order valence-electron chi connectivity index (χ1n) is 10.1. The van der Waals surface area contributed by atoms with Crippen LogP contribution in [0.1, 0.15) is 25.5 Å². The lowest BCUT2D eigenvalue weighted by Gasteiger charge is -2.33. The topological polar surface area (TPSA) is 127 Å². The third-order valence-electron chi connectivity index (χ3n) is 5.38. The number of carbonyl (C=O) groups excluding carboxylic acids is 2. The van der Waals surface area contributed by atoms with Crippen LogP contribution in [-0.4, -0.2) is 60.1 Å². The van der Waals surface area contributed by atoms with Gasteiger partial charge in [0.1, 0.15) is 29.7 Å². The average molecular weight is 481 g/mol. The second kappa shape index (κ2) is 9.04. The molecule has 1 aromatic heterocycles. The number of benzene rings is 1. The molecule has 1 atom stereocenters. The van der Waals surface area contributed by atoms with Crippen LogP contribution in [0, 0.1) is 0 Å². The normalized spacial score (nSPS) is 22.4. The molecule has 2 aliphatic heterocycles. The minimum Gasteiger partial charge on any atom is -0.490 e. The highest BCUT2D eigenvalue weighted by atomic mass is 32.2. The minimum absolute atomic E-state index is 0.117. The Bertz CT molecular complexity index is 1070. The maximum Gasteiger partial charge on any atom is 0.322 e. The highest BCUT2D eigenvalue weighted by Gasteiger charge is 2.46. The van der Waals surface area contributed by atoms with Gasteiger partial charge in [-0.2, -0.15) is 0 Å². The number of piperidine rings is 1. The van der Waals surface area contributed by atoms with Crippen molar-refractivity contribution in [2.24, 2.45) is 0 Å². The summed E-state index contributed by atoms with van der Waals surface area (Å²) in [7, 11) is -3.73. The molecule has 0 radical (unpaired) electrons. The van der Waals surface area contributed by atoms with Crippen LogP contribution in [0.25, 0.3) is 0 Å². The number of thiazole rings is 1. The third kappa shape index (κ3) is 5.19. The van der Waals surface area contributed by atoms with Crippen molar-refractivity contribution >= 4 is 33.3 Å². The molecule has 2 N–H and O–H groups in total. The van der Waals surface area contributed by atoms with Gasteiger partial charge in [0.05, 0.1) is 17.0 Å². The van der Waals surface area contributed by atoms with Crippen molar-refractivity contribution in [1.82, 2.24) is 19.9 Å². The van der Waals surface area contributed by atoms with Crippen LogP contribution in [0.2, 0.25) is 0 Å². The largest absolute Gasteiger partial charge is 0.490 e. The van der Waals surface area contributed by atoms with Crippen LogP contribution in [-0.2, 0) is 21.4 Å². The molecule has 32 heavy (non-hydrogen) atoms. The number of ether oxygens (including phenoxy) is 2. The number of nitrogens with zero attached hydrogens (tertiary/aromatic N) is 2. The zero-order chi connectivity index (χ0) is 22.8. The number of urea groups is 1. The maximum atomic E-state index is 12.8. The monoisotopic (exact) mass is 480 g/mol. The first-order valence-corrected chi connectivity index (χ1v) is 12.7. The zero-order valence-corrected chi connectivity index (χ0v) is 19.1. The first-order chi connectivity index (χ1) is 15.2. The van der Waals surface area contributed by atoms with Gasteiger partial charge in [0.25, 0.3) is 5.91 Å². The van der Waals surface area contributed by atoms with Gasteiger partial charge in [-0.05, 0) is 44.0 Å². The summed E-state index contributed by atoms with van der Waals surface area (Å²) in [5.41, 5.74) is 1.17. The molecule has 0 unspecified atom stereocenters. The lowest BCUT2D eigenvalue weighted by molar-refractivity contribution is -0.122. The maximum absolute atomic E-state index is 12.8. The van der Waals surface area contributed by atoms with E-state index < -0.39 is 33.3 Å². The van der Waals surface area contributed by atoms with E-state index in [0.29, 0.717) is 30.9 Å². The van der Waals surface area contributed by atoms with Gasteiger partial charge in [-0.15, -0.1) is 11.3 Å². The van der Waals surface area contributed by atoms with Gasteiger partial charge in [0.2, 0.25) is 10.0 Å². The minimum atomic E-state index is -3.73. The molecule has 10 nitrogen and oxygen atoms in total. The molecule has 12 heteroatoms. The van der Waals surface area contributed by atoms with Crippen molar-refractivity contribution in [3.05, 3.63) is 40.8 Å². The fraction of sp³-hybridized carbons (Fsp3) is 0.450. The number of nitrogens with one attached hydrogen (secondary N) is 2. The summed E-state index contributed by atoms with van der Waals surface area (Å²) < 4.78 is 38.6. The van der Waals surface area contributed by atoms with Crippen molar-refractivity contribution in [3.8, 4) is 11.5 Å². The van der Waals surface area contributed by atoms with Crippen LogP contribution in [0.15, 0.2) is 35.2 Å². The summed E-state index contributed by atoms with van der Waals surface area (Å²) in [6.07, 6.45) is 0.931. The van der Waals surface area contributed by atoms with Crippen LogP contribution in [0.4, 0.5) is 4.79 Å². The van der Waals surface area contributed by atoms with Crippen molar-refractivity contribution in [2.75, 3.05) is 18.8 Å². The quantitative estimate of drug-likeness (QED) is 0.548. The van der Waals surface area contributed by atoms with Crippen molar-refractivity contribution < 1.29 is 27.5 Å². The Labute approximate surface area is 190 Å². The van der Waals surface area contributed by atoms with Gasteiger partial charge in [-0.3, -0.25) is 10.1 Å². The number of sulfonamides is 1. The fourth-order valence-corrected chi connectivity index (χ4v) is 6.06. The number of carbonyl (C=O) groups is 2. The van der Waals surface area contributed by atoms with E-state index in [1.807, 2.05) is 29.6 Å². The second-order valence-electron chi connectivity index (χ2n) is 7.95. The Morgan fingerprint density at radius 1 is 1.19 bits per heavy atom. The Balaban J connectivity index is 1.26. The molecule has 4 rings (SSSR count). The van der Waals surface area contributed by atoms with Crippen molar-refractivity contribution in [3.63, 3.8) is 0 Å². The van der Waals surface area contributed by atoms with E-state index >= 15 is 0 Å². The number of hydrogen-bond acceptors (Lipinski definition) is 8. The SMILES string of the molecule is C[C@]1(CS(=O)(=O)N2CCC(Oc3ccc(OCc4cscn4)cc3)CC2)NC(=O)NC1=O. The van der Waals surface area contributed by atoms with Gasteiger partial charge in [0, 0.05) is 18.5 Å². The molecule has 2 aliphatic rings. The number of aromatic nitrogens is 1. The van der Waals surface area contributed by atoms with E-state index in [4.69, 9.17) is 9.47 Å². The summed E-state index contributed by atoms with van der Waals surface area (Å²) in [4.78, 5) is 27.5. The molecule has 2 saturated heterocycles. The molecule has 172 valence electrons. The predicted octanol–water partition coefficient (Wildman–Crippen LogP) is 1.49. The average Bonchev–Trinajstić information content (AvgIpc) is 3.35. The Kier molecular flexibility index (Phi) is 6.35. The molecule has 2 fully saturated rings. The van der Waals surface area contributed by atoms with Gasteiger partial charge < -0.3 is 14.8 Å². The first kappa shape index (κ1) is 22.5. The summed E-state index contributed by atoms with van der Waals surface area (Å²) in [5.74, 6) is 0.280. The number of imide groups is 1. The lowest BCUT2D eigenvalue weighted by atomic mass is 10.1. The Morgan fingerprint density at radius 3 is 2.47 bits per heavy atom. The van der Waals surface area contributed by atoms with Crippen molar-refractivity contribution in [2.45, 2.75) is 38.0 Å². The molecule has 3 amide bonds. The zero-order valence-electron chi connectivity index (χ0n) is 17.4. The van der Waals surface area contributed by atoms with Crippen LogP contribution in [0.3, 0.4) is 0 Å². The van der Waals surface area contributed by atoms with E-state index in [2.05, 4.69) is 15.6 Å². The molecular formula is C20H24N4O6S2. The Morgan fingerprint density at radius 2 is 1.88 bits per heavy atom. The number of hydrogen-bond donors (Lipinski definition) is 2. The van der Waals surface area contributed by atoms with E-state index in [0.717, 1.165) is 5.69 Å². The fourth-order valence-electron chi connectivity index (χ4n) is 3.64. The standard InChI is InChI=1S/C20H24N4O6S2/c1-20(18(25)22-19(26)23-20)12-32(27,28)24-8-6-17(7-9-24)30-16-4-2-15(3-5-16)29-10-14-11-31-13-21-14/h2-5,11,13,17H,6-10,12H2,1H3,(H2,22,23,25,26)/t20-/m1/s1. The van der Waals surface area contributed by atoms with E-state index in [1.165, 1.54) is 22.6 Å². The summed E-state index contributed by atoms with van der Waals surface area (Å²) >= 11 is 1.52. The highest BCUT2D eigenvalue weighted by Crippen LogP contribution is 2.25. The number of amides is 3. The molecule has 0 bridgehead atoms. The molecule has 2 aromatic rings. The van der Waals surface area contributed by atoms with Crippen molar-refractivity contribution in [1.29, 1.82) is 0 Å². The van der Waals surface area contributed by atoms with Crippen LogP contribution < -0.4 is 20.1 Å². The number of rotatable bonds is 8. The molecular weight excluding hydrogens is 456 g/mol. The summed E-state index contributed by atoms with van der Waals surface area (Å²) in [5, 5.41) is 6.41. The van der Waals surface area contributed by atoms with Gasteiger partial charge >= 0.3 is 6.03 Å². The highest BCUT2D eigenvalue weighted by molar-refractivity contribution is 7.89. The molecule has 0 aliphatic carbocycles. The molecule has 0 saturated carbocycles. The predicted molar refractivity (Wildman–Crippen MR) is 117 cm³/mol. The molecule has 0 spiro atoms. The third-order valence-corrected chi connectivity index (χ3v) is 8.11. The summed E-state index contributed by atoms with van der Waals surface area (Å²) in [6.45, 7) is 2.38. The Hall–Kier alpha value is -2.70. The smallest absolute Gasteiger partial charge is 0.322 e. The van der Waals surface area contributed by atoms with E-state index in [-0.39, 0.29) is 19.2 Å².